The van der Waals surface area contributed by atoms with Gasteiger partial charge in [0, 0.05) is 44.4 Å². The fraction of sp³-hybridized carbons (Fsp3) is 0.381. The van der Waals surface area contributed by atoms with E-state index in [2.05, 4.69) is 15.3 Å². The highest BCUT2D eigenvalue weighted by atomic mass is 35.5. The lowest BCUT2D eigenvalue weighted by Crippen LogP contribution is -2.39. The standard InChI is InChI=1S/C21H22ClF2N5O/c1-2-17-18(29-13-15(22)12-26-20(29)27-17)19(30)25-11-14-3-5-16(6-4-14)28-9-7-21(23,24)8-10-28/h3-6,12-13H,2,7-11H2,1H3,(H,25,30). The Bertz CT molecular complexity index is 1060. The van der Waals surface area contributed by atoms with Gasteiger partial charge < -0.3 is 10.2 Å². The Kier molecular flexibility index (Phi) is 5.60. The van der Waals surface area contributed by atoms with E-state index in [0.717, 1.165) is 11.3 Å². The molecule has 1 aliphatic heterocycles. The Hall–Kier alpha value is -2.74. The quantitative estimate of drug-likeness (QED) is 0.657. The van der Waals surface area contributed by atoms with Crippen LogP contribution in [0.15, 0.2) is 36.7 Å². The van der Waals surface area contributed by atoms with Crippen molar-refractivity contribution in [1.82, 2.24) is 19.7 Å². The van der Waals surface area contributed by atoms with Gasteiger partial charge in [0.1, 0.15) is 5.69 Å². The first-order chi connectivity index (χ1) is 14.4. The summed E-state index contributed by atoms with van der Waals surface area (Å²) in [6.07, 6.45) is 3.47. The van der Waals surface area contributed by atoms with Gasteiger partial charge in [0.25, 0.3) is 11.8 Å². The number of alkyl halides is 2. The third-order valence-corrected chi connectivity index (χ3v) is 5.52. The van der Waals surface area contributed by atoms with Crippen molar-refractivity contribution in [1.29, 1.82) is 0 Å². The van der Waals surface area contributed by atoms with Gasteiger partial charge in [-0.1, -0.05) is 30.7 Å². The Morgan fingerprint density at radius 1 is 1.23 bits per heavy atom. The van der Waals surface area contributed by atoms with Crippen molar-refractivity contribution in [3.8, 4) is 0 Å². The number of halogens is 3. The normalized spacial score (nSPS) is 16.1. The molecule has 0 unspecified atom stereocenters. The molecule has 3 heterocycles. The summed E-state index contributed by atoms with van der Waals surface area (Å²) in [6, 6.07) is 7.60. The zero-order valence-corrected chi connectivity index (χ0v) is 17.3. The first-order valence-corrected chi connectivity index (χ1v) is 10.3. The van der Waals surface area contributed by atoms with Gasteiger partial charge in [-0.05, 0) is 24.1 Å². The van der Waals surface area contributed by atoms with Gasteiger partial charge in [0.05, 0.1) is 16.9 Å². The van der Waals surface area contributed by atoms with Gasteiger partial charge in [-0.25, -0.2) is 18.7 Å². The minimum atomic E-state index is -2.56. The van der Waals surface area contributed by atoms with Crippen LogP contribution in [0.5, 0.6) is 0 Å². The molecule has 1 fully saturated rings. The maximum atomic E-state index is 13.3. The fourth-order valence-electron chi connectivity index (χ4n) is 3.63. The van der Waals surface area contributed by atoms with Crippen LogP contribution in [0.1, 0.15) is 41.5 Å². The number of hydrogen-bond acceptors (Lipinski definition) is 4. The zero-order chi connectivity index (χ0) is 21.3. The van der Waals surface area contributed by atoms with Crippen LogP contribution >= 0.6 is 11.6 Å². The number of hydrogen-bond donors (Lipinski definition) is 1. The molecule has 9 heteroatoms. The Morgan fingerprint density at radius 2 is 1.93 bits per heavy atom. The third kappa shape index (κ3) is 4.23. The maximum Gasteiger partial charge on any atom is 0.270 e. The van der Waals surface area contributed by atoms with Crippen LogP contribution in [0.2, 0.25) is 5.02 Å². The van der Waals surface area contributed by atoms with E-state index in [9.17, 15) is 13.6 Å². The second-order valence-electron chi connectivity index (χ2n) is 7.39. The highest BCUT2D eigenvalue weighted by molar-refractivity contribution is 6.30. The van der Waals surface area contributed by atoms with Crippen LogP contribution in [0.3, 0.4) is 0 Å². The van der Waals surface area contributed by atoms with Gasteiger partial charge in [0.15, 0.2) is 0 Å². The Balaban J connectivity index is 1.43. The lowest BCUT2D eigenvalue weighted by molar-refractivity contribution is -0.0220. The summed E-state index contributed by atoms with van der Waals surface area (Å²) < 4.78 is 28.3. The molecule has 1 amide bonds. The molecule has 3 aromatic rings. The topological polar surface area (TPSA) is 62.5 Å². The molecular formula is C21H22ClF2N5O. The van der Waals surface area contributed by atoms with E-state index in [-0.39, 0.29) is 18.7 Å². The van der Waals surface area contributed by atoms with Gasteiger partial charge in [0.2, 0.25) is 5.78 Å². The summed E-state index contributed by atoms with van der Waals surface area (Å²) in [4.78, 5) is 23.4. The maximum absolute atomic E-state index is 13.3. The van der Waals surface area contributed by atoms with Crippen molar-refractivity contribution >= 4 is 29.0 Å². The molecule has 6 nitrogen and oxygen atoms in total. The van der Waals surface area contributed by atoms with E-state index < -0.39 is 5.92 Å². The third-order valence-electron chi connectivity index (χ3n) is 5.32. The Morgan fingerprint density at radius 3 is 2.60 bits per heavy atom. The molecule has 4 rings (SSSR count). The van der Waals surface area contributed by atoms with Gasteiger partial charge in [-0.3, -0.25) is 9.20 Å². The van der Waals surface area contributed by atoms with Crippen LogP contribution in [-0.2, 0) is 13.0 Å². The number of aryl methyl sites for hydroxylation is 1. The number of benzene rings is 1. The van der Waals surface area contributed by atoms with Crippen molar-refractivity contribution in [2.75, 3.05) is 18.0 Å². The molecule has 0 atom stereocenters. The second-order valence-corrected chi connectivity index (χ2v) is 7.83. The molecule has 0 bridgehead atoms. The average Bonchev–Trinajstić information content (AvgIpc) is 3.10. The molecule has 0 saturated carbocycles. The van der Waals surface area contributed by atoms with Gasteiger partial charge >= 0.3 is 0 Å². The van der Waals surface area contributed by atoms with Crippen molar-refractivity contribution < 1.29 is 13.6 Å². The number of nitrogens with zero attached hydrogens (tertiary/aromatic N) is 4. The minimum absolute atomic E-state index is 0.122. The van der Waals surface area contributed by atoms with E-state index in [0.29, 0.717) is 48.2 Å². The second kappa shape index (κ2) is 8.18. The predicted octanol–water partition coefficient (Wildman–Crippen LogP) is 4.11. The molecule has 1 saturated heterocycles. The van der Waals surface area contributed by atoms with Crippen molar-refractivity contribution in [2.45, 2.75) is 38.7 Å². The van der Waals surface area contributed by atoms with E-state index in [1.165, 1.54) is 6.20 Å². The number of fused-ring (bicyclic) bond motifs is 1. The number of piperidine rings is 1. The fourth-order valence-corrected chi connectivity index (χ4v) is 3.77. The van der Waals surface area contributed by atoms with Crippen LogP contribution in [0.4, 0.5) is 14.5 Å². The van der Waals surface area contributed by atoms with Crippen LogP contribution < -0.4 is 10.2 Å². The molecule has 0 spiro atoms. The van der Waals surface area contributed by atoms with E-state index in [4.69, 9.17) is 11.6 Å². The smallest absolute Gasteiger partial charge is 0.270 e. The van der Waals surface area contributed by atoms with E-state index >= 15 is 0 Å². The number of carbonyl (C=O) groups is 1. The molecule has 158 valence electrons. The van der Waals surface area contributed by atoms with Crippen molar-refractivity contribution in [3.63, 3.8) is 0 Å². The molecule has 1 aromatic carbocycles. The molecule has 2 aromatic heterocycles. The van der Waals surface area contributed by atoms with Crippen molar-refractivity contribution in [3.05, 3.63) is 58.6 Å². The first kappa shape index (κ1) is 20.5. The molecule has 0 radical (unpaired) electrons. The SMILES string of the molecule is CCc1nc2ncc(Cl)cn2c1C(=O)NCc1ccc(N2CCC(F)(F)CC2)cc1. The minimum Gasteiger partial charge on any atom is -0.371 e. The highest BCUT2D eigenvalue weighted by Crippen LogP contribution is 2.30. The summed E-state index contributed by atoms with van der Waals surface area (Å²) in [5.41, 5.74) is 2.90. The Labute approximate surface area is 177 Å². The first-order valence-electron chi connectivity index (χ1n) is 9.89. The number of anilines is 1. The van der Waals surface area contributed by atoms with E-state index in [1.54, 1.807) is 10.6 Å². The van der Waals surface area contributed by atoms with Crippen LogP contribution in [0, 0.1) is 0 Å². The molecule has 1 N–H and O–H groups in total. The monoisotopic (exact) mass is 433 g/mol. The lowest BCUT2D eigenvalue weighted by Gasteiger charge is -2.33. The summed E-state index contributed by atoms with van der Waals surface area (Å²) in [5.74, 6) is -2.39. The summed E-state index contributed by atoms with van der Waals surface area (Å²) in [7, 11) is 0. The molecule has 1 aliphatic rings. The van der Waals surface area contributed by atoms with E-state index in [1.807, 2.05) is 36.1 Å². The lowest BCUT2D eigenvalue weighted by atomic mass is 10.1. The van der Waals surface area contributed by atoms with Gasteiger partial charge in [-0.15, -0.1) is 0 Å². The van der Waals surface area contributed by atoms with Crippen LogP contribution in [-0.4, -0.2) is 39.3 Å². The number of aromatic nitrogens is 3. The average molecular weight is 434 g/mol. The predicted molar refractivity (Wildman–Crippen MR) is 111 cm³/mol. The number of carbonyl (C=O) groups excluding carboxylic acids is 1. The number of imidazole rings is 1. The molecule has 0 aliphatic carbocycles. The number of nitrogens with one attached hydrogen (secondary N) is 1. The van der Waals surface area contributed by atoms with Crippen molar-refractivity contribution in [2.24, 2.45) is 0 Å². The summed E-state index contributed by atoms with van der Waals surface area (Å²) in [5, 5.41) is 3.33. The number of rotatable bonds is 5. The zero-order valence-electron chi connectivity index (χ0n) is 16.5. The molecule has 30 heavy (non-hydrogen) atoms. The molecular weight excluding hydrogens is 412 g/mol. The summed E-state index contributed by atoms with van der Waals surface area (Å²) in [6.45, 7) is 2.94. The largest absolute Gasteiger partial charge is 0.371 e. The summed E-state index contributed by atoms with van der Waals surface area (Å²) >= 11 is 6.03. The van der Waals surface area contributed by atoms with Crippen LogP contribution in [0.25, 0.3) is 5.78 Å². The van der Waals surface area contributed by atoms with Gasteiger partial charge in [-0.2, -0.15) is 0 Å². The number of amides is 1. The highest BCUT2D eigenvalue weighted by Gasteiger charge is 2.33.